The van der Waals surface area contributed by atoms with E-state index in [4.69, 9.17) is 5.11 Å². The minimum absolute atomic E-state index is 0.0109. The van der Waals surface area contributed by atoms with E-state index in [1.807, 2.05) is 39.8 Å². The van der Waals surface area contributed by atoms with E-state index < -0.39 is 0 Å². The Balaban J connectivity index is 1.79. The number of rotatable bonds is 4. The van der Waals surface area contributed by atoms with Crippen molar-refractivity contribution >= 4 is 5.91 Å². The summed E-state index contributed by atoms with van der Waals surface area (Å²) in [5.41, 5.74) is 1.52. The van der Waals surface area contributed by atoms with Crippen molar-refractivity contribution < 1.29 is 9.90 Å². The number of amides is 1. The fourth-order valence-corrected chi connectivity index (χ4v) is 2.84. The molecular weight excluding hydrogens is 266 g/mol. The second kappa shape index (κ2) is 6.10. The van der Waals surface area contributed by atoms with Gasteiger partial charge in [-0.15, -0.1) is 0 Å². The molecule has 0 aliphatic carbocycles. The Hall–Kier alpha value is -2.14. The summed E-state index contributed by atoms with van der Waals surface area (Å²) in [5, 5.41) is 9.01. The van der Waals surface area contributed by atoms with E-state index >= 15 is 0 Å². The Morgan fingerprint density at radius 1 is 1.33 bits per heavy atom. The summed E-state index contributed by atoms with van der Waals surface area (Å²) in [6.07, 6.45) is 5.02. The zero-order chi connectivity index (χ0) is 14.7. The van der Waals surface area contributed by atoms with Gasteiger partial charge in [0.05, 0.1) is 12.5 Å². The number of nitrogens with zero attached hydrogens (tertiary/aromatic N) is 3. The van der Waals surface area contributed by atoms with Crippen molar-refractivity contribution in [2.24, 2.45) is 5.92 Å². The maximum atomic E-state index is 12.7. The number of carbonyl (C=O) groups excluding carboxylic acids is 1. The first-order chi connectivity index (χ1) is 10.3. The van der Waals surface area contributed by atoms with Crippen molar-refractivity contribution in [3.63, 3.8) is 0 Å². The van der Waals surface area contributed by atoms with Gasteiger partial charge in [-0.1, -0.05) is 18.2 Å². The van der Waals surface area contributed by atoms with Crippen LogP contribution in [0.4, 0.5) is 0 Å². The van der Waals surface area contributed by atoms with Gasteiger partial charge in [-0.3, -0.25) is 9.36 Å². The molecule has 5 nitrogen and oxygen atoms in total. The van der Waals surface area contributed by atoms with Gasteiger partial charge in [0, 0.05) is 25.4 Å². The van der Waals surface area contributed by atoms with Crippen LogP contribution < -0.4 is 0 Å². The summed E-state index contributed by atoms with van der Waals surface area (Å²) in [5.74, 6) is 0.420. The van der Waals surface area contributed by atoms with E-state index in [0.29, 0.717) is 11.6 Å². The molecule has 3 rings (SSSR count). The van der Waals surface area contributed by atoms with Crippen LogP contribution in [0.1, 0.15) is 23.3 Å². The third-order valence-electron chi connectivity index (χ3n) is 4.00. The topological polar surface area (TPSA) is 58.4 Å². The molecule has 2 aromatic rings. The number of aliphatic hydroxyl groups excluding tert-OH is 1. The second-order valence-corrected chi connectivity index (χ2v) is 5.40. The van der Waals surface area contributed by atoms with Gasteiger partial charge >= 0.3 is 0 Å². The highest BCUT2D eigenvalue weighted by atomic mass is 16.3. The van der Waals surface area contributed by atoms with Crippen LogP contribution in [-0.2, 0) is 0 Å². The SMILES string of the molecule is O=C(c1cncn1-c1ccccc1)N1CCC(CCO)C1. The Morgan fingerprint density at radius 3 is 2.90 bits per heavy atom. The maximum absolute atomic E-state index is 12.7. The number of aromatic nitrogens is 2. The fraction of sp³-hybridized carbons (Fsp3) is 0.375. The molecule has 1 saturated heterocycles. The summed E-state index contributed by atoms with van der Waals surface area (Å²) in [7, 11) is 0. The molecular formula is C16H19N3O2. The molecule has 1 aromatic carbocycles. The lowest BCUT2D eigenvalue weighted by atomic mass is 10.1. The van der Waals surface area contributed by atoms with Crippen LogP contribution in [0.2, 0.25) is 0 Å². The number of hydrogen-bond donors (Lipinski definition) is 1. The molecule has 0 bridgehead atoms. The highest BCUT2D eigenvalue weighted by molar-refractivity contribution is 5.93. The maximum Gasteiger partial charge on any atom is 0.272 e. The molecule has 1 amide bonds. The molecule has 0 spiro atoms. The lowest BCUT2D eigenvalue weighted by Crippen LogP contribution is -2.30. The average molecular weight is 285 g/mol. The van der Waals surface area contributed by atoms with Crippen LogP contribution in [0.3, 0.4) is 0 Å². The molecule has 1 aromatic heterocycles. The van der Waals surface area contributed by atoms with Crippen molar-refractivity contribution in [2.75, 3.05) is 19.7 Å². The fourth-order valence-electron chi connectivity index (χ4n) is 2.84. The molecule has 1 aliphatic heterocycles. The largest absolute Gasteiger partial charge is 0.396 e. The molecule has 21 heavy (non-hydrogen) atoms. The highest BCUT2D eigenvalue weighted by Gasteiger charge is 2.28. The number of hydrogen-bond acceptors (Lipinski definition) is 3. The minimum atomic E-state index is 0.0109. The second-order valence-electron chi connectivity index (χ2n) is 5.40. The van der Waals surface area contributed by atoms with Gasteiger partial charge in [0.2, 0.25) is 0 Å². The lowest BCUT2D eigenvalue weighted by molar-refractivity contribution is 0.0777. The molecule has 2 heterocycles. The molecule has 0 saturated carbocycles. The Morgan fingerprint density at radius 2 is 2.14 bits per heavy atom. The van der Waals surface area contributed by atoms with Crippen molar-refractivity contribution in [1.82, 2.24) is 14.5 Å². The summed E-state index contributed by atoms with van der Waals surface area (Å²) in [6, 6.07) is 9.74. The van der Waals surface area contributed by atoms with Crippen LogP contribution in [0.5, 0.6) is 0 Å². The lowest BCUT2D eigenvalue weighted by Gasteiger charge is -2.17. The van der Waals surface area contributed by atoms with Crippen LogP contribution in [0, 0.1) is 5.92 Å². The number of likely N-dealkylation sites (tertiary alicyclic amines) is 1. The van der Waals surface area contributed by atoms with E-state index in [2.05, 4.69) is 4.98 Å². The number of para-hydroxylation sites is 1. The van der Waals surface area contributed by atoms with Crippen LogP contribution >= 0.6 is 0 Å². The third-order valence-corrected chi connectivity index (χ3v) is 4.00. The Bertz CT molecular complexity index is 609. The monoisotopic (exact) mass is 285 g/mol. The third kappa shape index (κ3) is 2.83. The Kier molecular flexibility index (Phi) is 4.01. The van der Waals surface area contributed by atoms with Gasteiger partial charge in [-0.25, -0.2) is 4.98 Å². The number of benzene rings is 1. The molecule has 1 unspecified atom stereocenters. The van der Waals surface area contributed by atoms with E-state index in [1.165, 1.54) is 0 Å². The van der Waals surface area contributed by atoms with Crippen LogP contribution in [-0.4, -0.2) is 45.2 Å². The van der Waals surface area contributed by atoms with Gasteiger partial charge < -0.3 is 10.0 Å². The van der Waals surface area contributed by atoms with E-state index in [1.54, 1.807) is 12.5 Å². The molecule has 0 radical (unpaired) electrons. The molecule has 1 atom stereocenters. The van der Waals surface area contributed by atoms with Gasteiger partial charge in [0.1, 0.15) is 5.69 Å². The molecule has 5 heteroatoms. The first kappa shape index (κ1) is 13.8. The predicted octanol–water partition coefficient (Wildman–Crippen LogP) is 1.72. The normalized spacial score (nSPS) is 18.1. The van der Waals surface area contributed by atoms with E-state index in [-0.39, 0.29) is 12.5 Å². The van der Waals surface area contributed by atoms with Gasteiger partial charge in [0.15, 0.2) is 0 Å². The van der Waals surface area contributed by atoms with Crippen molar-refractivity contribution in [2.45, 2.75) is 12.8 Å². The molecule has 1 aliphatic rings. The summed E-state index contributed by atoms with van der Waals surface area (Å²) in [4.78, 5) is 18.6. The zero-order valence-electron chi connectivity index (χ0n) is 11.9. The number of imidazole rings is 1. The minimum Gasteiger partial charge on any atom is -0.396 e. The number of carbonyl (C=O) groups is 1. The zero-order valence-corrected chi connectivity index (χ0v) is 11.9. The summed E-state index contributed by atoms with van der Waals surface area (Å²) < 4.78 is 1.82. The summed E-state index contributed by atoms with van der Waals surface area (Å²) in [6.45, 7) is 1.66. The first-order valence-corrected chi connectivity index (χ1v) is 7.27. The summed E-state index contributed by atoms with van der Waals surface area (Å²) >= 11 is 0. The van der Waals surface area contributed by atoms with Gasteiger partial charge in [-0.05, 0) is 30.9 Å². The molecule has 1 fully saturated rings. The molecule has 1 N–H and O–H groups in total. The van der Waals surface area contributed by atoms with Crippen molar-refractivity contribution in [3.05, 3.63) is 48.5 Å². The van der Waals surface area contributed by atoms with E-state index in [0.717, 1.165) is 31.6 Å². The molecule has 110 valence electrons. The highest BCUT2D eigenvalue weighted by Crippen LogP contribution is 2.22. The van der Waals surface area contributed by atoms with Crippen LogP contribution in [0.15, 0.2) is 42.9 Å². The van der Waals surface area contributed by atoms with E-state index in [9.17, 15) is 4.79 Å². The predicted molar refractivity (Wildman–Crippen MR) is 79.3 cm³/mol. The van der Waals surface area contributed by atoms with Crippen LogP contribution in [0.25, 0.3) is 5.69 Å². The Labute approximate surface area is 123 Å². The quantitative estimate of drug-likeness (QED) is 0.930. The van der Waals surface area contributed by atoms with Crippen molar-refractivity contribution in [3.8, 4) is 5.69 Å². The van der Waals surface area contributed by atoms with Crippen molar-refractivity contribution in [1.29, 1.82) is 0 Å². The van der Waals surface area contributed by atoms with Gasteiger partial charge in [-0.2, -0.15) is 0 Å². The first-order valence-electron chi connectivity index (χ1n) is 7.27. The number of aliphatic hydroxyl groups is 1. The van der Waals surface area contributed by atoms with Gasteiger partial charge in [0.25, 0.3) is 5.91 Å². The average Bonchev–Trinajstić information content (AvgIpc) is 3.17. The smallest absolute Gasteiger partial charge is 0.272 e. The standard InChI is InChI=1S/C16H19N3O2/c20-9-7-13-6-8-18(11-13)16(21)15-10-17-12-19(15)14-4-2-1-3-5-14/h1-5,10,12-13,20H,6-9,11H2.